The Labute approximate surface area is 217 Å². The minimum atomic E-state index is -0.604. The molecule has 0 radical (unpaired) electrons. The van der Waals surface area contributed by atoms with Gasteiger partial charge in [-0.3, -0.25) is 18.7 Å². The van der Waals surface area contributed by atoms with Gasteiger partial charge in [0.05, 0.1) is 11.6 Å². The third-order valence-electron chi connectivity index (χ3n) is 7.46. The molecule has 3 aromatic rings. The molecule has 5 rings (SSSR count). The van der Waals surface area contributed by atoms with Crippen molar-refractivity contribution in [2.45, 2.75) is 69.5 Å². The number of carbonyl (C=O) groups excluding carboxylic acids is 1. The molecule has 7 nitrogen and oxygen atoms in total. The second-order valence-corrected chi connectivity index (χ2v) is 11.1. The highest BCUT2D eigenvalue weighted by atomic mass is 32.2. The van der Waals surface area contributed by atoms with Crippen LogP contribution >= 0.6 is 11.8 Å². The van der Waals surface area contributed by atoms with Crippen molar-refractivity contribution < 1.29 is 13.6 Å². The lowest BCUT2D eigenvalue weighted by molar-refractivity contribution is -0.122. The van der Waals surface area contributed by atoms with Crippen LogP contribution in [-0.4, -0.2) is 37.6 Å². The molecule has 10 heteroatoms. The number of amides is 1. The maximum Gasteiger partial charge on any atom is 0.333 e. The minimum absolute atomic E-state index is 0.0372. The van der Waals surface area contributed by atoms with Crippen molar-refractivity contribution in [3.05, 3.63) is 74.6 Å². The van der Waals surface area contributed by atoms with Crippen LogP contribution in [0.25, 0.3) is 11.0 Å². The largest absolute Gasteiger partial charge is 0.353 e. The lowest BCUT2D eigenvalue weighted by Gasteiger charge is -2.31. The van der Waals surface area contributed by atoms with Crippen LogP contribution in [0.1, 0.15) is 62.6 Å². The summed E-state index contributed by atoms with van der Waals surface area (Å²) in [5, 5.41) is 3.19. The number of aryl methyl sites for hydroxylation is 1. The van der Waals surface area contributed by atoms with Crippen molar-refractivity contribution in [1.29, 1.82) is 0 Å². The van der Waals surface area contributed by atoms with Crippen molar-refractivity contribution in [3.63, 3.8) is 0 Å². The van der Waals surface area contributed by atoms with E-state index in [1.165, 1.54) is 22.8 Å². The molecule has 3 heterocycles. The number of pyridine rings is 1. The summed E-state index contributed by atoms with van der Waals surface area (Å²) in [6.45, 7) is 0. The molecule has 2 fully saturated rings. The Hall–Kier alpha value is -3.01. The predicted octanol–water partition coefficient (Wildman–Crippen LogP) is 4.14. The molecule has 1 saturated carbocycles. The summed E-state index contributed by atoms with van der Waals surface area (Å²) in [5.41, 5.74) is 0.280. The van der Waals surface area contributed by atoms with Gasteiger partial charge in [0.1, 0.15) is 17.3 Å². The van der Waals surface area contributed by atoms with E-state index in [9.17, 15) is 23.2 Å². The maximum atomic E-state index is 14.1. The molecule has 0 spiro atoms. The number of nitrogens with zero attached hydrogens (tertiary/aromatic N) is 3. The average molecular weight is 529 g/mol. The first-order chi connectivity index (χ1) is 17.9. The van der Waals surface area contributed by atoms with Crippen LogP contribution in [-0.2, 0) is 11.2 Å². The molecule has 37 heavy (non-hydrogen) atoms. The van der Waals surface area contributed by atoms with Crippen LogP contribution in [0.15, 0.2) is 46.1 Å². The first kappa shape index (κ1) is 25.6. The third-order valence-corrected chi connectivity index (χ3v) is 8.51. The number of hydrogen-bond donors (Lipinski definition) is 1. The fourth-order valence-corrected chi connectivity index (χ4v) is 6.57. The van der Waals surface area contributed by atoms with E-state index in [0.29, 0.717) is 38.5 Å². The average Bonchev–Trinajstić information content (AvgIpc) is 2.90. The van der Waals surface area contributed by atoms with Crippen LogP contribution < -0.4 is 16.6 Å². The number of aromatic nitrogens is 3. The highest BCUT2D eigenvalue weighted by Crippen LogP contribution is 2.30. The number of rotatable bonds is 6. The number of carbonyl (C=O) groups is 1. The molecule has 2 aliphatic rings. The van der Waals surface area contributed by atoms with Crippen molar-refractivity contribution in [1.82, 2.24) is 19.4 Å². The Bertz CT molecular complexity index is 1390. The van der Waals surface area contributed by atoms with Crippen LogP contribution in [0.2, 0.25) is 0 Å². The van der Waals surface area contributed by atoms with Gasteiger partial charge < -0.3 is 5.32 Å². The number of hydrogen-bond acceptors (Lipinski definition) is 5. The minimum Gasteiger partial charge on any atom is -0.353 e. The number of fused-ring (bicyclic) bond motifs is 1. The summed E-state index contributed by atoms with van der Waals surface area (Å²) in [6, 6.07) is 6.88. The number of halogens is 2. The molecule has 2 aromatic heterocycles. The molecule has 1 aliphatic carbocycles. The summed E-state index contributed by atoms with van der Waals surface area (Å²) in [4.78, 5) is 43.7. The highest BCUT2D eigenvalue weighted by Gasteiger charge is 2.29. The molecule has 0 unspecified atom stereocenters. The van der Waals surface area contributed by atoms with Crippen LogP contribution in [0.5, 0.6) is 0 Å². The van der Waals surface area contributed by atoms with E-state index < -0.39 is 11.4 Å². The summed E-state index contributed by atoms with van der Waals surface area (Å²) >= 11 is 1.84. The topological polar surface area (TPSA) is 86.0 Å². The Kier molecular flexibility index (Phi) is 7.73. The summed E-state index contributed by atoms with van der Waals surface area (Å²) in [5.74, 6) is 0.860. The molecule has 0 atom stereocenters. The van der Waals surface area contributed by atoms with Crippen molar-refractivity contribution in [3.8, 4) is 0 Å². The smallest absolute Gasteiger partial charge is 0.333 e. The molecule has 1 amide bonds. The molecule has 1 aromatic carbocycles. The standard InChI is InChI=1S/C27H30F2N4O3S/c28-18-4-1-17(2-5-18)3-10-24(34)31-20-6-8-21(9-7-20)33-26(35)23-15-19(29)16-30-25(23)32(27(33)36)22-11-13-37-14-12-22/h1-2,4-5,15-16,20-22H,3,6-14H2,(H,31,34). The Morgan fingerprint density at radius 3 is 2.32 bits per heavy atom. The van der Waals surface area contributed by atoms with E-state index >= 15 is 0 Å². The van der Waals surface area contributed by atoms with Crippen molar-refractivity contribution >= 4 is 28.7 Å². The van der Waals surface area contributed by atoms with Crippen LogP contribution in [0.4, 0.5) is 8.78 Å². The van der Waals surface area contributed by atoms with E-state index in [1.807, 2.05) is 11.8 Å². The van der Waals surface area contributed by atoms with Gasteiger partial charge in [-0.25, -0.2) is 18.6 Å². The monoisotopic (exact) mass is 528 g/mol. The summed E-state index contributed by atoms with van der Waals surface area (Å²) in [6.07, 6.45) is 5.89. The number of benzene rings is 1. The zero-order valence-electron chi connectivity index (χ0n) is 20.5. The predicted molar refractivity (Wildman–Crippen MR) is 140 cm³/mol. The molecule has 1 N–H and O–H groups in total. The first-order valence-electron chi connectivity index (χ1n) is 12.8. The van der Waals surface area contributed by atoms with Crippen LogP contribution in [0.3, 0.4) is 0 Å². The fraction of sp³-hybridized carbons (Fsp3) is 0.481. The fourth-order valence-electron chi connectivity index (χ4n) is 5.49. The molecular formula is C27H30F2N4O3S. The SMILES string of the molecule is O=C(CCc1ccc(F)cc1)NC1CCC(n2c(=O)c3cc(F)cnc3n(C3CCSCC3)c2=O)CC1. The van der Waals surface area contributed by atoms with E-state index in [-0.39, 0.29) is 46.6 Å². The summed E-state index contributed by atoms with van der Waals surface area (Å²) in [7, 11) is 0. The molecular weight excluding hydrogens is 498 g/mol. The molecule has 0 bridgehead atoms. The van der Waals surface area contributed by atoms with Gasteiger partial charge in [-0.2, -0.15) is 11.8 Å². The Morgan fingerprint density at radius 2 is 1.62 bits per heavy atom. The summed E-state index contributed by atoms with van der Waals surface area (Å²) < 4.78 is 30.1. The molecule has 196 valence electrons. The lowest BCUT2D eigenvalue weighted by Crippen LogP contribution is -2.46. The van der Waals surface area contributed by atoms with Gasteiger partial charge in [0.25, 0.3) is 5.56 Å². The van der Waals surface area contributed by atoms with Gasteiger partial charge in [0.15, 0.2) is 0 Å². The van der Waals surface area contributed by atoms with Crippen molar-refractivity contribution in [2.75, 3.05) is 11.5 Å². The first-order valence-corrected chi connectivity index (χ1v) is 14.0. The van der Waals surface area contributed by atoms with Gasteiger partial charge in [0.2, 0.25) is 5.91 Å². The van der Waals surface area contributed by atoms with E-state index in [4.69, 9.17) is 0 Å². The van der Waals surface area contributed by atoms with E-state index in [0.717, 1.165) is 36.1 Å². The lowest BCUT2D eigenvalue weighted by atomic mass is 9.90. The van der Waals surface area contributed by atoms with Crippen molar-refractivity contribution in [2.24, 2.45) is 0 Å². The zero-order valence-corrected chi connectivity index (χ0v) is 21.3. The van der Waals surface area contributed by atoms with Gasteiger partial charge in [-0.05, 0) is 80.2 Å². The second kappa shape index (κ2) is 11.2. The Morgan fingerprint density at radius 1 is 0.946 bits per heavy atom. The van der Waals surface area contributed by atoms with Gasteiger partial charge in [-0.15, -0.1) is 0 Å². The zero-order chi connectivity index (χ0) is 25.9. The van der Waals surface area contributed by atoms with E-state index in [2.05, 4.69) is 10.3 Å². The van der Waals surface area contributed by atoms with Gasteiger partial charge in [0, 0.05) is 24.5 Å². The van der Waals surface area contributed by atoms with Crippen LogP contribution in [0, 0.1) is 11.6 Å². The maximum absolute atomic E-state index is 14.1. The number of thioether (sulfide) groups is 1. The quantitative estimate of drug-likeness (QED) is 0.520. The van der Waals surface area contributed by atoms with Gasteiger partial charge >= 0.3 is 5.69 Å². The third kappa shape index (κ3) is 5.63. The second-order valence-electron chi connectivity index (χ2n) is 9.90. The van der Waals surface area contributed by atoms with E-state index in [1.54, 1.807) is 16.7 Å². The van der Waals surface area contributed by atoms with Gasteiger partial charge in [-0.1, -0.05) is 12.1 Å². The normalized spacial score (nSPS) is 20.7. The highest BCUT2D eigenvalue weighted by molar-refractivity contribution is 7.99. The Balaban J connectivity index is 1.31. The molecule has 1 saturated heterocycles. The number of nitrogens with one attached hydrogen (secondary N) is 1. The molecule has 1 aliphatic heterocycles.